The number of fused-ring (bicyclic) bond motifs is 2. The number of halogens is 1. The van der Waals surface area contributed by atoms with Crippen LogP contribution < -0.4 is 10.1 Å². The standard InChI is InChI=1S/C20H21ClN2O2/c21-16-3-7-19(8-4-16)25-18-5-1-15(2-6-18)20(24)22-17-11-14-9-10-23(12-14)13-17/h1-8,14,17H,9-13H2,(H,22,24)/t14-,17+/m0/s1. The van der Waals surface area contributed by atoms with Crippen LogP contribution in [0.4, 0.5) is 0 Å². The molecule has 2 aromatic carbocycles. The number of hydrogen-bond acceptors (Lipinski definition) is 3. The van der Waals surface area contributed by atoms with Crippen molar-refractivity contribution in [3.8, 4) is 11.5 Å². The van der Waals surface area contributed by atoms with Crippen LogP contribution in [0, 0.1) is 5.92 Å². The number of rotatable bonds is 4. The van der Waals surface area contributed by atoms with Gasteiger partial charge < -0.3 is 15.0 Å². The SMILES string of the molecule is O=C(N[C@@H]1C[C@@H]2CCN(C2)C1)c1ccc(Oc2ccc(Cl)cc2)cc1. The fourth-order valence-electron chi connectivity index (χ4n) is 3.75. The highest BCUT2D eigenvalue weighted by molar-refractivity contribution is 6.30. The number of carbonyl (C=O) groups is 1. The fraction of sp³-hybridized carbons (Fsp3) is 0.350. The minimum atomic E-state index is -0.00876. The monoisotopic (exact) mass is 356 g/mol. The maximum Gasteiger partial charge on any atom is 0.251 e. The summed E-state index contributed by atoms with van der Waals surface area (Å²) in [6.45, 7) is 3.34. The Balaban J connectivity index is 1.36. The Morgan fingerprint density at radius 3 is 2.40 bits per heavy atom. The predicted molar refractivity (Wildman–Crippen MR) is 98.4 cm³/mol. The van der Waals surface area contributed by atoms with Gasteiger partial charge in [0.25, 0.3) is 5.91 Å². The number of nitrogens with zero attached hydrogens (tertiary/aromatic N) is 1. The Hall–Kier alpha value is -2.04. The zero-order chi connectivity index (χ0) is 17.2. The van der Waals surface area contributed by atoms with Gasteiger partial charge >= 0.3 is 0 Å². The molecule has 5 heteroatoms. The van der Waals surface area contributed by atoms with Crippen molar-refractivity contribution in [1.29, 1.82) is 0 Å². The van der Waals surface area contributed by atoms with Gasteiger partial charge in [0.1, 0.15) is 11.5 Å². The van der Waals surface area contributed by atoms with Crippen LogP contribution in [0.25, 0.3) is 0 Å². The van der Waals surface area contributed by atoms with Crippen molar-refractivity contribution in [3.05, 3.63) is 59.1 Å². The van der Waals surface area contributed by atoms with Gasteiger partial charge in [0.2, 0.25) is 0 Å². The van der Waals surface area contributed by atoms with Gasteiger partial charge in [-0.3, -0.25) is 4.79 Å². The van der Waals surface area contributed by atoms with Crippen LogP contribution in [0.15, 0.2) is 48.5 Å². The summed E-state index contributed by atoms with van der Waals surface area (Å²) in [5.41, 5.74) is 0.663. The van der Waals surface area contributed by atoms with E-state index in [1.165, 1.54) is 19.5 Å². The Kier molecular flexibility index (Phi) is 4.64. The number of piperidine rings is 1. The van der Waals surface area contributed by atoms with Crippen molar-refractivity contribution < 1.29 is 9.53 Å². The van der Waals surface area contributed by atoms with Crippen molar-refractivity contribution in [2.45, 2.75) is 18.9 Å². The normalized spacial score (nSPS) is 24.8. The fourth-order valence-corrected chi connectivity index (χ4v) is 3.87. The van der Waals surface area contributed by atoms with Crippen LogP contribution in [0.5, 0.6) is 11.5 Å². The summed E-state index contributed by atoms with van der Waals surface area (Å²) in [6, 6.07) is 14.7. The van der Waals surface area contributed by atoms with Crippen molar-refractivity contribution in [1.82, 2.24) is 10.2 Å². The van der Waals surface area contributed by atoms with Crippen LogP contribution in [0.3, 0.4) is 0 Å². The molecule has 130 valence electrons. The second kappa shape index (κ2) is 7.06. The quantitative estimate of drug-likeness (QED) is 0.901. The molecule has 2 aromatic rings. The third-order valence-corrected chi connectivity index (χ3v) is 5.22. The molecule has 2 fully saturated rings. The van der Waals surface area contributed by atoms with E-state index in [0.29, 0.717) is 22.1 Å². The minimum absolute atomic E-state index is 0.00876. The second-order valence-electron chi connectivity index (χ2n) is 6.90. The molecule has 0 spiro atoms. The average molecular weight is 357 g/mol. The van der Waals surface area contributed by atoms with E-state index >= 15 is 0 Å². The highest BCUT2D eigenvalue weighted by Crippen LogP contribution is 2.27. The van der Waals surface area contributed by atoms with Crippen molar-refractivity contribution in [2.75, 3.05) is 19.6 Å². The van der Waals surface area contributed by atoms with Crippen LogP contribution >= 0.6 is 11.6 Å². The predicted octanol–water partition coefficient (Wildman–Crippen LogP) is 3.96. The van der Waals surface area contributed by atoms with E-state index in [-0.39, 0.29) is 11.9 Å². The van der Waals surface area contributed by atoms with E-state index in [1.54, 1.807) is 24.3 Å². The second-order valence-corrected chi connectivity index (χ2v) is 7.34. The maximum atomic E-state index is 12.5. The summed E-state index contributed by atoms with van der Waals surface area (Å²) in [4.78, 5) is 14.9. The number of benzene rings is 2. The first-order chi connectivity index (χ1) is 12.2. The summed E-state index contributed by atoms with van der Waals surface area (Å²) in [5, 5.41) is 3.85. The molecule has 0 saturated carbocycles. The van der Waals surface area contributed by atoms with E-state index < -0.39 is 0 Å². The van der Waals surface area contributed by atoms with Gasteiger partial charge in [-0.2, -0.15) is 0 Å². The first kappa shape index (κ1) is 16.4. The maximum absolute atomic E-state index is 12.5. The Morgan fingerprint density at radius 2 is 1.72 bits per heavy atom. The molecule has 25 heavy (non-hydrogen) atoms. The lowest BCUT2D eigenvalue weighted by Gasteiger charge is -2.30. The van der Waals surface area contributed by atoms with Crippen molar-refractivity contribution >= 4 is 17.5 Å². The van der Waals surface area contributed by atoms with Gasteiger partial charge in [0.05, 0.1) is 0 Å². The molecule has 2 aliphatic rings. The Bertz CT molecular complexity index is 733. The van der Waals surface area contributed by atoms with E-state index in [0.717, 1.165) is 18.9 Å². The van der Waals surface area contributed by atoms with Gasteiger partial charge in [-0.25, -0.2) is 0 Å². The number of amides is 1. The van der Waals surface area contributed by atoms with Gasteiger partial charge in [-0.15, -0.1) is 0 Å². The third-order valence-electron chi connectivity index (χ3n) is 4.97. The van der Waals surface area contributed by atoms with Gasteiger partial charge in [0.15, 0.2) is 0 Å². The number of hydrogen-bond donors (Lipinski definition) is 1. The molecule has 1 unspecified atom stereocenters. The van der Waals surface area contributed by atoms with E-state index in [9.17, 15) is 4.79 Å². The van der Waals surface area contributed by atoms with E-state index in [1.807, 2.05) is 24.3 Å². The minimum Gasteiger partial charge on any atom is -0.457 e. The number of carbonyl (C=O) groups excluding carboxylic acids is 1. The summed E-state index contributed by atoms with van der Waals surface area (Å²) in [5.74, 6) is 2.15. The first-order valence-corrected chi connectivity index (χ1v) is 9.10. The molecular weight excluding hydrogens is 336 g/mol. The van der Waals surface area contributed by atoms with Gasteiger partial charge in [-0.05, 0) is 73.8 Å². The summed E-state index contributed by atoms with van der Waals surface area (Å²) >= 11 is 5.87. The van der Waals surface area contributed by atoms with Crippen molar-refractivity contribution in [3.63, 3.8) is 0 Å². The molecule has 0 aromatic heterocycles. The van der Waals surface area contributed by atoms with Crippen LogP contribution in [-0.2, 0) is 0 Å². The molecule has 3 atom stereocenters. The first-order valence-electron chi connectivity index (χ1n) is 8.72. The number of nitrogens with one attached hydrogen (secondary N) is 1. The molecule has 2 saturated heterocycles. The van der Waals surface area contributed by atoms with E-state index in [4.69, 9.17) is 16.3 Å². The molecule has 2 heterocycles. The van der Waals surface area contributed by atoms with E-state index in [2.05, 4.69) is 10.2 Å². The topological polar surface area (TPSA) is 41.6 Å². The lowest BCUT2D eigenvalue weighted by Crippen LogP contribution is -2.46. The van der Waals surface area contributed by atoms with Gasteiger partial charge in [-0.1, -0.05) is 11.6 Å². The molecule has 2 bridgehead atoms. The smallest absolute Gasteiger partial charge is 0.251 e. The molecular formula is C20H21ClN2O2. The van der Waals surface area contributed by atoms with Crippen LogP contribution in [0.1, 0.15) is 23.2 Å². The summed E-state index contributed by atoms with van der Waals surface area (Å²) < 4.78 is 5.76. The lowest BCUT2D eigenvalue weighted by atomic mass is 9.96. The molecule has 0 radical (unpaired) electrons. The van der Waals surface area contributed by atoms with Crippen molar-refractivity contribution in [2.24, 2.45) is 5.92 Å². The summed E-state index contributed by atoms with van der Waals surface area (Å²) in [6.07, 6.45) is 2.36. The third kappa shape index (κ3) is 3.97. The zero-order valence-corrected chi connectivity index (χ0v) is 14.7. The van der Waals surface area contributed by atoms with Crippen LogP contribution in [0.2, 0.25) is 5.02 Å². The highest BCUT2D eigenvalue weighted by Gasteiger charge is 2.32. The Labute approximate surface area is 152 Å². The molecule has 1 amide bonds. The average Bonchev–Trinajstić information content (AvgIpc) is 2.96. The number of ether oxygens (including phenoxy) is 1. The molecule has 4 nitrogen and oxygen atoms in total. The molecule has 0 aliphatic carbocycles. The molecule has 2 aliphatic heterocycles. The largest absolute Gasteiger partial charge is 0.457 e. The lowest BCUT2D eigenvalue weighted by molar-refractivity contribution is 0.0909. The highest BCUT2D eigenvalue weighted by atomic mass is 35.5. The molecule has 4 rings (SSSR count). The Morgan fingerprint density at radius 1 is 1.04 bits per heavy atom. The molecule has 1 N–H and O–H groups in total. The zero-order valence-electron chi connectivity index (χ0n) is 14.0. The van der Waals surface area contributed by atoms with Gasteiger partial charge in [0, 0.05) is 29.7 Å². The summed E-state index contributed by atoms with van der Waals surface area (Å²) in [7, 11) is 0. The van der Waals surface area contributed by atoms with Crippen LogP contribution in [-0.4, -0.2) is 36.5 Å².